The number of carboxylic acids is 2. The van der Waals surface area contributed by atoms with Crippen LogP contribution in [0.2, 0.25) is 0 Å². The summed E-state index contributed by atoms with van der Waals surface area (Å²) in [4.78, 5) is 68.8. The van der Waals surface area contributed by atoms with Gasteiger partial charge in [0.15, 0.2) is 0 Å². The Morgan fingerprint density at radius 3 is 0.769 bits per heavy atom. The number of aliphatic hydroxyl groups excluding tert-OH is 2. The molecule has 744 valence electrons. The fourth-order valence-corrected chi connectivity index (χ4v) is 38.0. The van der Waals surface area contributed by atoms with Crippen LogP contribution >= 0.6 is 0 Å². The maximum atomic E-state index is 12.1. The molecule has 0 heterocycles. The largest absolute Gasteiger partial charge is 0.481 e. The molecule has 14 nitrogen and oxygen atoms in total. The molecule has 0 aromatic rings. The van der Waals surface area contributed by atoms with Crippen molar-refractivity contribution in [1.82, 2.24) is 0 Å². The highest BCUT2D eigenvalue weighted by Gasteiger charge is 2.66. The van der Waals surface area contributed by atoms with E-state index in [4.69, 9.17) is 29.2 Å². The predicted molar refractivity (Wildman–Crippen MR) is 521 cm³/mol. The summed E-state index contributed by atoms with van der Waals surface area (Å²) in [6.07, 6.45) is 61.5. The lowest BCUT2D eigenvalue weighted by molar-refractivity contribution is -0.161. The first-order valence-electron chi connectivity index (χ1n) is 55.8. The molecule has 0 aromatic carbocycles. The van der Waals surface area contributed by atoms with Gasteiger partial charge in [-0.25, -0.2) is 0 Å². The van der Waals surface area contributed by atoms with Crippen molar-refractivity contribution in [3.05, 3.63) is 0 Å². The minimum absolute atomic E-state index is 0.0410. The number of unbranched alkanes of at least 4 members (excludes halogenated alkanes) is 4. The summed E-state index contributed by atoms with van der Waals surface area (Å²) in [5.74, 6) is 18.2. The van der Waals surface area contributed by atoms with Gasteiger partial charge in [-0.15, -0.1) is 0 Å². The Morgan fingerprint density at radius 1 is 0.292 bits per heavy atom. The summed E-state index contributed by atoms with van der Waals surface area (Å²) in [7, 11) is 0. The van der Waals surface area contributed by atoms with Gasteiger partial charge >= 0.3 is 35.8 Å². The van der Waals surface area contributed by atoms with Crippen molar-refractivity contribution in [3.63, 3.8) is 0 Å². The van der Waals surface area contributed by atoms with E-state index in [1.54, 1.807) is 13.8 Å². The molecule has 0 aromatic heterocycles. The van der Waals surface area contributed by atoms with Crippen LogP contribution in [0.25, 0.3) is 0 Å². The van der Waals surface area contributed by atoms with Gasteiger partial charge in [-0.2, -0.15) is 0 Å². The monoisotopic (exact) mass is 1810 g/mol. The molecule has 16 fully saturated rings. The lowest BCUT2D eigenvalue weighted by Gasteiger charge is -2.61. The highest BCUT2D eigenvalue weighted by molar-refractivity contribution is 5.70. The lowest BCUT2D eigenvalue weighted by Crippen LogP contribution is -2.54. The van der Waals surface area contributed by atoms with Crippen molar-refractivity contribution in [2.45, 2.75) is 508 Å². The van der Waals surface area contributed by atoms with E-state index in [1.165, 1.54) is 205 Å². The Labute approximate surface area is 792 Å². The number of aliphatic carboxylic acids is 2. The fraction of sp³-hybridized carbons (Fsp3) is 0.948. The van der Waals surface area contributed by atoms with E-state index in [1.807, 2.05) is 41.5 Å². The highest BCUT2D eigenvalue weighted by Crippen LogP contribution is 2.74. The summed E-state index contributed by atoms with van der Waals surface area (Å²) in [6, 6.07) is 0. The summed E-state index contributed by atoms with van der Waals surface area (Å²) < 4.78 is 22.3. The lowest BCUT2D eigenvalue weighted by atomic mass is 9.44. The molecule has 16 saturated carbocycles. The van der Waals surface area contributed by atoms with Crippen molar-refractivity contribution in [2.24, 2.45) is 185 Å². The Hall–Kier alpha value is -3.26. The van der Waals surface area contributed by atoms with Gasteiger partial charge in [0.1, 0.15) is 23.4 Å². The first-order valence-corrected chi connectivity index (χ1v) is 55.8. The number of ether oxygens (including phenoxy) is 4. The van der Waals surface area contributed by atoms with E-state index in [0.717, 1.165) is 239 Å². The molecule has 36 atom stereocenters. The Balaban J connectivity index is 0.000000148. The number of hydrogen-bond donors (Lipinski definition) is 4. The van der Waals surface area contributed by atoms with Gasteiger partial charge in [-0.3, -0.25) is 28.8 Å². The number of carboxylic acid groups (broad SMARTS) is 2. The molecular weight excluding hydrogens is 1620 g/mol. The number of fused-ring (bicyclic) bond motifs is 20. The summed E-state index contributed by atoms with van der Waals surface area (Å²) in [5.41, 5.74) is 3.06. The predicted octanol–water partition coefficient (Wildman–Crippen LogP) is 28.8. The van der Waals surface area contributed by atoms with Crippen LogP contribution in [0.4, 0.5) is 0 Å². The molecular formula is C116H196O14. The molecule has 0 amide bonds. The molecule has 130 heavy (non-hydrogen) atoms. The maximum absolute atomic E-state index is 12.1. The number of carbonyl (C=O) groups excluding carboxylic acids is 4. The molecule has 0 saturated heterocycles. The Kier molecular flexibility index (Phi) is 34.0. The quantitative estimate of drug-likeness (QED) is 0.0360. The first-order chi connectivity index (χ1) is 61.2. The van der Waals surface area contributed by atoms with Crippen LogP contribution < -0.4 is 0 Å². The number of carbonyl (C=O) groups is 6. The maximum Gasteiger partial charge on any atom is 0.306 e. The Morgan fingerprint density at radius 2 is 0.523 bits per heavy atom. The second kappa shape index (κ2) is 42.4. The SMILES string of the molecule is CC(=O)O[C@@H]1CC[C@@]2(C)C(CC[C@H]3[C@@H]4CC[C@H]([C@H](C)CCCCC(=O)O)[C@@]4(C)CC[C@@H]32)C1.CC(=O)O[C@@H]1CC[C@@]2(C)C(CC[C@H]3[C@@H]4CC[C@H]([C@H](C)CCCCC(=O)OC(C)(C)C)[C@@]4(C)CC[C@@H]32)C1.C[C@H](CCCCC(=O)O)[C@H]1CC[C@H]2[C@@H]3CCC4C[C@H](O)CC[C@]4(C)[C@H]3CC[C@]12C.C[C@H](CCCCC(=O)OC(C)(C)C)[C@H]1CC[C@H]2[C@@H]3CCC4C[C@H](O)CC[C@]4(C)[C@H]3CC[C@]12C. The average Bonchev–Trinajstić information content (AvgIpc) is 1.51. The fourth-order valence-electron chi connectivity index (χ4n) is 38.0. The van der Waals surface area contributed by atoms with Gasteiger partial charge in [0, 0.05) is 39.5 Å². The molecule has 4 unspecified atom stereocenters. The number of aliphatic hydroxyl groups is 2. The van der Waals surface area contributed by atoms with E-state index in [0.29, 0.717) is 74.9 Å². The summed E-state index contributed by atoms with van der Waals surface area (Å²) in [5, 5.41) is 38.4. The van der Waals surface area contributed by atoms with Crippen molar-refractivity contribution in [3.8, 4) is 0 Å². The van der Waals surface area contributed by atoms with Gasteiger partial charge in [0.05, 0.1) is 12.2 Å². The highest BCUT2D eigenvalue weighted by atomic mass is 16.6. The van der Waals surface area contributed by atoms with E-state index >= 15 is 0 Å². The second-order valence-corrected chi connectivity index (χ2v) is 53.3. The summed E-state index contributed by atoms with van der Waals surface area (Å²) in [6.45, 7) is 45.6. The van der Waals surface area contributed by atoms with Crippen LogP contribution in [0.15, 0.2) is 0 Å². The third kappa shape index (κ3) is 22.6. The van der Waals surface area contributed by atoms with Crippen LogP contribution in [0, 0.1) is 185 Å². The average molecular weight is 1810 g/mol. The Bertz CT molecular complexity index is 3740. The smallest absolute Gasteiger partial charge is 0.306 e. The van der Waals surface area contributed by atoms with Crippen LogP contribution in [0.3, 0.4) is 0 Å². The molecule has 4 N–H and O–H groups in total. The topological polar surface area (TPSA) is 220 Å². The van der Waals surface area contributed by atoms with E-state index in [2.05, 4.69) is 83.1 Å². The van der Waals surface area contributed by atoms with Gasteiger partial charge in [-0.1, -0.05) is 134 Å². The van der Waals surface area contributed by atoms with E-state index in [-0.39, 0.29) is 59.5 Å². The van der Waals surface area contributed by atoms with Crippen molar-refractivity contribution in [2.75, 3.05) is 0 Å². The normalized spacial score (nSPS) is 44.0. The molecule has 16 rings (SSSR count). The van der Waals surface area contributed by atoms with E-state index < -0.39 is 11.9 Å². The first kappa shape index (κ1) is 104. The zero-order valence-corrected chi connectivity index (χ0v) is 86.8. The molecule has 14 heteroatoms. The van der Waals surface area contributed by atoms with Gasteiger partial charge in [0.25, 0.3) is 0 Å². The third-order valence-corrected chi connectivity index (χ3v) is 44.2. The van der Waals surface area contributed by atoms with Gasteiger partial charge in [0.2, 0.25) is 0 Å². The zero-order chi connectivity index (χ0) is 94.2. The van der Waals surface area contributed by atoms with Crippen molar-refractivity contribution < 1.29 is 68.1 Å². The molecule has 0 bridgehead atoms. The zero-order valence-electron chi connectivity index (χ0n) is 86.8. The number of rotatable bonds is 26. The van der Waals surface area contributed by atoms with Gasteiger partial charge < -0.3 is 39.4 Å². The minimum Gasteiger partial charge on any atom is -0.481 e. The van der Waals surface area contributed by atoms with Crippen LogP contribution in [-0.4, -0.2) is 91.9 Å². The molecule has 0 radical (unpaired) electrons. The molecule has 0 aliphatic heterocycles. The van der Waals surface area contributed by atoms with Crippen LogP contribution in [0.1, 0.15) is 472 Å². The second-order valence-electron chi connectivity index (χ2n) is 53.3. The summed E-state index contributed by atoms with van der Waals surface area (Å²) >= 11 is 0. The molecule has 16 aliphatic rings. The number of hydrogen-bond acceptors (Lipinski definition) is 12. The molecule has 16 aliphatic carbocycles. The van der Waals surface area contributed by atoms with E-state index in [9.17, 15) is 39.0 Å². The van der Waals surface area contributed by atoms with Crippen LogP contribution in [0.5, 0.6) is 0 Å². The number of esters is 4. The molecule has 0 spiro atoms. The van der Waals surface area contributed by atoms with Crippen molar-refractivity contribution in [1.29, 1.82) is 0 Å². The standard InChI is InChI=1S/C32H54O4.C30H52O3.C28H46O4.C26H44O3/c1-21(10-8-9-11-29(34)36-30(3,4)5)26-14-15-27-25-13-12-23-20-24(35-22(2)33)16-18-31(23,6)28(25)17-19-32(26,27)7;1-20(9-7-8-10-27(32)33-28(2,3)4)24-13-14-25-23-12-11-21-19-22(31)15-17-29(21,5)26(23)16-18-30(24,25)6;1-18(7-5-6-8-26(30)31)23-11-12-24-22-10-9-20-17-21(32-19(2)29)13-15-27(20,3)25(22)14-16-28(23,24)4;1-17(6-4-5-7-24(28)29)21-10-11-22-20-9-8-18-16-19(27)12-14-25(18,2)23(20)13-15-26(21,22)3/h21,23-28H,8-20H2,1-7H3;20-26,31H,7-19H2,1-6H3;18,20-25H,5-17H2,1-4H3,(H,30,31);17-23,27H,4-16H2,1-3H3,(H,28,29)/t21-,23?,24-,25+,26-,27+,28+,31+,32-;20-,21?,22-,23+,24-,25+,26+,29+,30-;18-,20?,21-,22+,23-,24+,25+,27+,28-;17-,18?,19-,20+,21-,22+,23+,25+,26-/m1111/s1. The van der Waals surface area contributed by atoms with Crippen molar-refractivity contribution >= 4 is 35.8 Å². The third-order valence-electron chi connectivity index (χ3n) is 44.2. The van der Waals surface area contributed by atoms with Crippen LogP contribution in [-0.2, 0) is 47.7 Å². The minimum atomic E-state index is -0.658. The van der Waals surface area contributed by atoms with Gasteiger partial charge in [-0.05, 0) is 484 Å².